The molecule has 0 radical (unpaired) electrons. The molecule has 2 aromatic rings. The lowest BCUT2D eigenvalue weighted by atomic mass is 9.95. The fraction of sp³-hybridized carbons (Fsp3) is 0.333. The average Bonchev–Trinajstić information content (AvgIpc) is 2.67. The van der Waals surface area contributed by atoms with Crippen LogP contribution in [0.3, 0.4) is 0 Å². The zero-order chi connectivity index (χ0) is 18.8. The Labute approximate surface area is 162 Å². The van der Waals surface area contributed by atoms with Crippen molar-refractivity contribution in [1.82, 2.24) is 9.80 Å². The molecule has 27 heavy (non-hydrogen) atoms. The SMILES string of the molecule is Nc1cccc(-c2ccc3c(c2)C=CN(C2CCN(CS(=O)O)CC2)C3)c1. The zero-order valence-corrected chi connectivity index (χ0v) is 16.1. The molecule has 4 rings (SSSR count). The van der Waals surface area contributed by atoms with Crippen LogP contribution < -0.4 is 5.73 Å². The van der Waals surface area contributed by atoms with Crippen LogP contribution in [0.15, 0.2) is 48.7 Å². The summed E-state index contributed by atoms with van der Waals surface area (Å²) in [5, 5.41) is 0. The molecule has 3 N–H and O–H groups in total. The summed E-state index contributed by atoms with van der Waals surface area (Å²) in [7, 11) is 0. The summed E-state index contributed by atoms with van der Waals surface area (Å²) in [5.74, 6) is 0.262. The first-order valence-corrected chi connectivity index (χ1v) is 10.6. The van der Waals surface area contributed by atoms with Crippen LogP contribution in [0.4, 0.5) is 5.69 Å². The molecule has 1 atom stereocenters. The van der Waals surface area contributed by atoms with E-state index in [4.69, 9.17) is 10.3 Å². The van der Waals surface area contributed by atoms with E-state index in [2.05, 4.69) is 46.3 Å². The molecule has 2 aromatic carbocycles. The van der Waals surface area contributed by atoms with Crippen molar-refractivity contribution in [3.05, 3.63) is 59.8 Å². The molecule has 0 amide bonds. The van der Waals surface area contributed by atoms with Crippen LogP contribution >= 0.6 is 0 Å². The molecule has 142 valence electrons. The standard InChI is InChI=1S/C21H25N3O2S/c22-20-3-1-2-16(13-20)17-4-5-19-14-24(11-6-18(19)12-17)21-7-9-23(10-8-21)15-27(25)26/h1-6,11-13,21H,7-10,14-15,22H2,(H,25,26). The predicted octanol–water partition coefficient (Wildman–Crippen LogP) is 3.37. The first-order valence-electron chi connectivity index (χ1n) is 9.31. The van der Waals surface area contributed by atoms with Crippen molar-refractivity contribution in [2.75, 3.05) is 24.7 Å². The Balaban J connectivity index is 1.44. The second-order valence-electron chi connectivity index (χ2n) is 7.33. The number of fused-ring (bicyclic) bond motifs is 1. The van der Waals surface area contributed by atoms with Crippen molar-refractivity contribution >= 4 is 22.8 Å². The molecule has 0 aliphatic carbocycles. The summed E-state index contributed by atoms with van der Waals surface area (Å²) < 4.78 is 20.0. The van der Waals surface area contributed by atoms with Gasteiger partial charge in [-0.1, -0.05) is 24.3 Å². The highest BCUT2D eigenvalue weighted by molar-refractivity contribution is 7.79. The van der Waals surface area contributed by atoms with Crippen molar-refractivity contribution < 1.29 is 8.76 Å². The van der Waals surface area contributed by atoms with Gasteiger partial charge in [0.15, 0.2) is 11.1 Å². The van der Waals surface area contributed by atoms with Gasteiger partial charge in [-0.3, -0.25) is 4.90 Å². The quantitative estimate of drug-likeness (QED) is 0.626. The molecular formula is C21H25N3O2S. The second kappa shape index (κ2) is 7.84. The van der Waals surface area contributed by atoms with Crippen molar-refractivity contribution in [3.63, 3.8) is 0 Å². The number of nitrogen functional groups attached to an aromatic ring is 1. The van der Waals surface area contributed by atoms with Crippen LogP contribution in [0.5, 0.6) is 0 Å². The number of rotatable bonds is 4. The third kappa shape index (κ3) is 4.24. The number of piperidine rings is 1. The predicted molar refractivity (Wildman–Crippen MR) is 111 cm³/mol. The second-order valence-corrected chi connectivity index (χ2v) is 8.23. The Morgan fingerprint density at radius 1 is 1.11 bits per heavy atom. The normalized spacial score (nSPS) is 19.1. The number of benzene rings is 2. The monoisotopic (exact) mass is 383 g/mol. The highest BCUT2D eigenvalue weighted by atomic mass is 32.2. The molecule has 0 aromatic heterocycles. The minimum absolute atomic E-state index is 0.262. The summed E-state index contributed by atoms with van der Waals surface area (Å²) in [4.78, 5) is 4.49. The van der Waals surface area contributed by atoms with E-state index in [9.17, 15) is 4.21 Å². The molecule has 5 nitrogen and oxygen atoms in total. The van der Waals surface area contributed by atoms with Crippen LogP contribution in [0, 0.1) is 0 Å². The van der Waals surface area contributed by atoms with Gasteiger partial charge in [-0.05, 0) is 59.4 Å². The Kier molecular flexibility index (Phi) is 5.29. The summed E-state index contributed by atoms with van der Waals surface area (Å²) in [6, 6.07) is 15.1. The molecule has 2 aliphatic heterocycles. The number of hydrogen-bond acceptors (Lipinski definition) is 4. The first-order chi connectivity index (χ1) is 13.1. The largest absolute Gasteiger partial charge is 0.399 e. The smallest absolute Gasteiger partial charge is 0.167 e. The molecule has 0 spiro atoms. The van der Waals surface area contributed by atoms with Crippen LogP contribution in [0.1, 0.15) is 24.0 Å². The van der Waals surface area contributed by atoms with Crippen molar-refractivity contribution in [3.8, 4) is 11.1 Å². The van der Waals surface area contributed by atoms with Crippen LogP contribution in [-0.2, 0) is 17.6 Å². The summed E-state index contributed by atoms with van der Waals surface area (Å²) in [6.45, 7) is 2.67. The first kappa shape index (κ1) is 18.2. The molecule has 0 saturated carbocycles. The van der Waals surface area contributed by atoms with E-state index in [1.54, 1.807) is 0 Å². The number of anilines is 1. The molecule has 1 saturated heterocycles. The van der Waals surface area contributed by atoms with E-state index in [1.807, 2.05) is 18.2 Å². The molecule has 0 bridgehead atoms. The van der Waals surface area contributed by atoms with E-state index in [0.29, 0.717) is 6.04 Å². The highest BCUT2D eigenvalue weighted by Crippen LogP contribution is 2.30. The topological polar surface area (TPSA) is 69.8 Å². The number of hydrogen-bond donors (Lipinski definition) is 2. The van der Waals surface area contributed by atoms with E-state index in [-0.39, 0.29) is 5.88 Å². The molecule has 1 unspecified atom stereocenters. The molecule has 1 fully saturated rings. The molecule has 6 heteroatoms. The molecular weight excluding hydrogens is 358 g/mol. The van der Waals surface area contributed by atoms with Crippen molar-refractivity contribution in [1.29, 1.82) is 0 Å². The van der Waals surface area contributed by atoms with Gasteiger partial charge in [0.2, 0.25) is 0 Å². The number of nitrogens with two attached hydrogens (primary N) is 1. The van der Waals surface area contributed by atoms with E-state index in [1.165, 1.54) is 16.7 Å². The maximum atomic E-state index is 11.0. The fourth-order valence-corrected chi connectivity index (χ4v) is 4.57. The molecule has 2 aliphatic rings. The molecule has 2 heterocycles. The maximum Gasteiger partial charge on any atom is 0.167 e. The van der Waals surface area contributed by atoms with Crippen molar-refractivity contribution in [2.45, 2.75) is 25.4 Å². The minimum Gasteiger partial charge on any atom is -0.399 e. The third-order valence-corrected chi connectivity index (χ3v) is 6.07. The lowest BCUT2D eigenvalue weighted by Crippen LogP contribution is -2.44. The van der Waals surface area contributed by atoms with Gasteiger partial charge < -0.3 is 15.2 Å². The third-order valence-electron chi connectivity index (χ3n) is 5.48. The Morgan fingerprint density at radius 2 is 1.89 bits per heavy atom. The fourth-order valence-electron chi connectivity index (χ4n) is 4.00. The van der Waals surface area contributed by atoms with Gasteiger partial charge in [0.1, 0.15) is 5.88 Å². The van der Waals surface area contributed by atoms with Gasteiger partial charge in [-0.15, -0.1) is 0 Å². The Morgan fingerprint density at radius 3 is 2.63 bits per heavy atom. The van der Waals surface area contributed by atoms with Gasteiger partial charge in [0.25, 0.3) is 0 Å². The van der Waals surface area contributed by atoms with Gasteiger partial charge in [0.05, 0.1) is 0 Å². The highest BCUT2D eigenvalue weighted by Gasteiger charge is 2.25. The lowest BCUT2D eigenvalue weighted by molar-refractivity contribution is 0.150. The average molecular weight is 384 g/mol. The number of likely N-dealkylation sites (tertiary alicyclic amines) is 1. The van der Waals surface area contributed by atoms with Gasteiger partial charge in [-0.2, -0.15) is 0 Å². The van der Waals surface area contributed by atoms with Crippen LogP contribution in [0.2, 0.25) is 0 Å². The lowest BCUT2D eigenvalue weighted by Gasteiger charge is -2.39. The van der Waals surface area contributed by atoms with Crippen LogP contribution in [-0.4, -0.2) is 43.6 Å². The maximum absolute atomic E-state index is 11.0. The van der Waals surface area contributed by atoms with Crippen molar-refractivity contribution in [2.24, 2.45) is 0 Å². The number of nitrogens with zero attached hydrogens (tertiary/aromatic N) is 2. The summed E-state index contributed by atoms with van der Waals surface area (Å²) >= 11 is -1.74. The Hall–Kier alpha value is -2.15. The van der Waals surface area contributed by atoms with E-state index >= 15 is 0 Å². The minimum atomic E-state index is -1.74. The van der Waals surface area contributed by atoms with E-state index in [0.717, 1.165) is 43.7 Å². The zero-order valence-electron chi connectivity index (χ0n) is 15.3. The van der Waals surface area contributed by atoms with Gasteiger partial charge in [-0.25, -0.2) is 4.21 Å². The Bertz CT molecular complexity index is 875. The van der Waals surface area contributed by atoms with Gasteiger partial charge >= 0.3 is 0 Å². The van der Waals surface area contributed by atoms with E-state index < -0.39 is 11.1 Å². The van der Waals surface area contributed by atoms with Gasteiger partial charge in [0, 0.05) is 37.6 Å². The summed E-state index contributed by atoms with van der Waals surface area (Å²) in [6.07, 6.45) is 6.45. The van der Waals surface area contributed by atoms with Crippen LogP contribution in [0.25, 0.3) is 17.2 Å². The summed E-state index contributed by atoms with van der Waals surface area (Å²) in [5.41, 5.74) is 11.6.